The molecule has 1 aliphatic carbocycles. The van der Waals surface area contributed by atoms with E-state index in [0.717, 1.165) is 18.9 Å². The average molecular weight is 277 g/mol. The van der Waals surface area contributed by atoms with E-state index in [9.17, 15) is 0 Å². The van der Waals surface area contributed by atoms with Crippen LogP contribution in [0.15, 0.2) is 18.2 Å². The maximum absolute atomic E-state index is 5.69. The Kier molecular flexibility index (Phi) is 4.55. The lowest BCUT2D eigenvalue weighted by atomic mass is 9.87. The predicted molar refractivity (Wildman–Crippen MR) is 77.2 cm³/mol. The number of rotatable bonds is 4. The van der Waals surface area contributed by atoms with Crippen molar-refractivity contribution in [1.29, 1.82) is 0 Å². The Balaban J connectivity index is 1.65. The topological polar surface area (TPSA) is 39.7 Å². The summed E-state index contributed by atoms with van der Waals surface area (Å²) in [5, 5.41) is 3.64. The van der Waals surface area contributed by atoms with Gasteiger partial charge in [0.2, 0.25) is 0 Å². The molecule has 0 aromatic heterocycles. The normalized spacial score (nSPS) is 26.1. The van der Waals surface area contributed by atoms with Crippen LogP contribution in [0.2, 0.25) is 0 Å². The zero-order chi connectivity index (χ0) is 13.8. The number of methoxy groups -OCH3 is 1. The highest BCUT2D eigenvalue weighted by Gasteiger charge is 2.22. The van der Waals surface area contributed by atoms with Crippen molar-refractivity contribution >= 4 is 0 Å². The highest BCUT2D eigenvalue weighted by Crippen LogP contribution is 2.32. The molecule has 1 N–H and O–H groups in total. The van der Waals surface area contributed by atoms with Crippen LogP contribution in [0.5, 0.6) is 5.75 Å². The second kappa shape index (κ2) is 6.57. The van der Waals surface area contributed by atoms with Gasteiger partial charge < -0.3 is 19.5 Å². The molecule has 1 saturated heterocycles. The summed E-state index contributed by atoms with van der Waals surface area (Å²) in [5.74, 6) is 0.940. The lowest BCUT2D eigenvalue weighted by Crippen LogP contribution is -2.39. The van der Waals surface area contributed by atoms with Crippen molar-refractivity contribution < 1.29 is 14.2 Å². The van der Waals surface area contributed by atoms with Crippen molar-refractivity contribution in [2.24, 2.45) is 0 Å². The molecule has 1 aromatic rings. The minimum absolute atomic E-state index is 0.180. The number of hydrogen-bond acceptors (Lipinski definition) is 4. The van der Waals surface area contributed by atoms with E-state index in [1.165, 1.54) is 30.4 Å². The molecule has 110 valence electrons. The van der Waals surface area contributed by atoms with E-state index in [-0.39, 0.29) is 6.10 Å². The largest absolute Gasteiger partial charge is 0.497 e. The van der Waals surface area contributed by atoms with Gasteiger partial charge in [-0.1, -0.05) is 6.07 Å². The molecule has 0 saturated carbocycles. The smallest absolute Gasteiger partial charge is 0.119 e. The molecule has 4 heteroatoms. The number of ether oxygens (including phenoxy) is 3. The molecule has 2 atom stereocenters. The van der Waals surface area contributed by atoms with Gasteiger partial charge in [-0.05, 0) is 42.5 Å². The Labute approximate surface area is 120 Å². The molecule has 0 amide bonds. The molecule has 1 aromatic carbocycles. The summed E-state index contributed by atoms with van der Waals surface area (Å²) in [4.78, 5) is 0. The van der Waals surface area contributed by atoms with Crippen molar-refractivity contribution in [3.63, 3.8) is 0 Å². The number of benzene rings is 1. The summed E-state index contributed by atoms with van der Waals surface area (Å²) < 4.78 is 16.5. The third kappa shape index (κ3) is 3.14. The molecule has 0 radical (unpaired) electrons. The van der Waals surface area contributed by atoms with Crippen molar-refractivity contribution in [3.05, 3.63) is 29.3 Å². The molecule has 0 bridgehead atoms. The van der Waals surface area contributed by atoms with Crippen LogP contribution in [-0.4, -0.2) is 39.6 Å². The summed E-state index contributed by atoms with van der Waals surface area (Å²) in [5.41, 5.74) is 2.82. The first kappa shape index (κ1) is 13.9. The Bertz CT molecular complexity index is 443. The van der Waals surface area contributed by atoms with Gasteiger partial charge in [0.1, 0.15) is 5.75 Å². The van der Waals surface area contributed by atoms with Crippen LogP contribution >= 0.6 is 0 Å². The Morgan fingerprint density at radius 1 is 1.35 bits per heavy atom. The fourth-order valence-corrected chi connectivity index (χ4v) is 3.04. The monoisotopic (exact) mass is 277 g/mol. The molecule has 1 heterocycles. The van der Waals surface area contributed by atoms with Gasteiger partial charge in [-0.2, -0.15) is 0 Å². The van der Waals surface area contributed by atoms with E-state index in [1.54, 1.807) is 7.11 Å². The van der Waals surface area contributed by atoms with Gasteiger partial charge in [-0.25, -0.2) is 0 Å². The van der Waals surface area contributed by atoms with E-state index in [2.05, 4.69) is 23.5 Å². The second-order valence-electron chi connectivity index (χ2n) is 5.49. The van der Waals surface area contributed by atoms with Gasteiger partial charge in [0.25, 0.3) is 0 Å². The number of nitrogens with one attached hydrogen (secondary N) is 1. The molecule has 1 fully saturated rings. The predicted octanol–water partition coefficient (Wildman–Crippen LogP) is 2.08. The maximum atomic E-state index is 5.69. The summed E-state index contributed by atoms with van der Waals surface area (Å²) in [6, 6.07) is 6.82. The lowest BCUT2D eigenvalue weighted by Gasteiger charge is -2.30. The van der Waals surface area contributed by atoms with Gasteiger partial charge in [-0.15, -0.1) is 0 Å². The van der Waals surface area contributed by atoms with Crippen LogP contribution < -0.4 is 10.1 Å². The van der Waals surface area contributed by atoms with E-state index in [1.807, 2.05) is 0 Å². The summed E-state index contributed by atoms with van der Waals surface area (Å²) in [6.07, 6.45) is 3.76. The SMILES string of the molecule is COc1ccc2c(c1)C(NCC1COCCO1)CCC2. The third-order valence-electron chi connectivity index (χ3n) is 4.14. The van der Waals surface area contributed by atoms with Crippen LogP contribution in [0.25, 0.3) is 0 Å². The number of aryl methyl sites for hydroxylation is 1. The highest BCUT2D eigenvalue weighted by atomic mass is 16.6. The summed E-state index contributed by atoms with van der Waals surface area (Å²) >= 11 is 0. The van der Waals surface area contributed by atoms with Gasteiger partial charge in [0, 0.05) is 12.6 Å². The van der Waals surface area contributed by atoms with Crippen molar-refractivity contribution in [2.45, 2.75) is 31.4 Å². The molecule has 20 heavy (non-hydrogen) atoms. The van der Waals surface area contributed by atoms with Crippen LogP contribution in [0.4, 0.5) is 0 Å². The average Bonchev–Trinajstić information content (AvgIpc) is 2.53. The molecule has 2 aliphatic rings. The molecule has 0 spiro atoms. The minimum Gasteiger partial charge on any atom is -0.497 e. The lowest BCUT2D eigenvalue weighted by molar-refractivity contribution is -0.0872. The van der Waals surface area contributed by atoms with E-state index < -0.39 is 0 Å². The second-order valence-corrected chi connectivity index (χ2v) is 5.49. The summed E-state index contributed by atoms with van der Waals surface area (Å²) in [7, 11) is 1.72. The van der Waals surface area contributed by atoms with Crippen molar-refractivity contribution in [3.8, 4) is 5.75 Å². The fourth-order valence-electron chi connectivity index (χ4n) is 3.04. The fraction of sp³-hybridized carbons (Fsp3) is 0.625. The first-order chi connectivity index (χ1) is 9.86. The van der Waals surface area contributed by atoms with E-state index in [0.29, 0.717) is 19.3 Å². The summed E-state index contributed by atoms with van der Waals surface area (Å²) in [6.45, 7) is 2.98. The zero-order valence-electron chi connectivity index (χ0n) is 12.1. The van der Waals surface area contributed by atoms with Crippen molar-refractivity contribution in [2.75, 3.05) is 33.5 Å². The van der Waals surface area contributed by atoms with Crippen LogP contribution in [0, 0.1) is 0 Å². The molecule has 2 unspecified atom stereocenters. The van der Waals surface area contributed by atoms with E-state index in [4.69, 9.17) is 14.2 Å². The zero-order valence-corrected chi connectivity index (χ0v) is 12.1. The molecule has 3 rings (SSSR count). The van der Waals surface area contributed by atoms with E-state index >= 15 is 0 Å². The van der Waals surface area contributed by atoms with Gasteiger partial charge in [0.05, 0.1) is 33.0 Å². The van der Waals surface area contributed by atoms with Crippen LogP contribution in [0.1, 0.15) is 30.0 Å². The highest BCUT2D eigenvalue weighted by molar-refractivity contribution is 5.39. The number of fused-ring (bicyclic) bond motifs is 1. The number of hydrogen-bond donors (Lipinski definition) is 1. The first-order valence-corrected chi connectivity index (χ1v) is 7.46. The van der Waals surface area contributed by atoms with Crippen LogP contribution in [0.3, 0.4) is 0 Å². The first-order valence-electron chi connectivity index (χ1n) is 7.46. The Hall–Kier alpha value is -1.10. The molecular formula is C16H23NO3. The third-order valence-corrected chi connectivity index (χ3v) is 4.14. The molecule has 4 nitrogen and oxygen atoms in total. The Morgan fingerprint density at radius 3 is 3.10 bits per heavy atom. The standard InChI is InChI=1S/C16H23NO3/c1-18-13-6-5-12-3-2-4-16(15(12)9-13)17-10-14-11-19-7-8-20-14/h5-6,9,14,16-17H,2-4,7-8,10-11H2,1H3. The quantitative estimate of drug-likeness (QED) is 0.914. The maximum Gasteiger partial charge on any atom is 0.119 e. The van der Waals surface area contributed by atoms with Crippen molar-refractivity contribution in [1.82, 2.24) is 5.32 Å². The van der Waals surface area contributed by atoms with Crippen LogP contribution in [-0.2, 0) is 15.9 Å². The minimum atomic E-state index is 0.180. The molecule has 1 aliphatic heterocycles. The van der Waals surface area contributed by atoms with Gasteiger partial charge in [-0.3, -0.25) is 0 Å². The Morgan fingerprint density at radius 2 is 2.30 bits per heavy atom. The molecular weight excluding hydrogens is 254 g/mol. The van der Waals surface area contributed by atoms with Gasteiger partial charge in [0.15, 0.2) is 0 Å². The van der Waals surface area contributed by atoms with Gasteiger partial charge >= 0.3 is 0 Å².